The Morgan fingerprint density at radius 3 is 2.82 bits per heavy atom. The molecule has 90 valence electrons. The van der Waals surface area contributed by atoms with Gasteiger partial charge in [-0.3, -0.25) is 4.98 Å². The lowest BCUT2D eigenvalue weighted by Gasteiger charge is -2.02. The Kier molecular flexibility index (Phi) is 3.84. The molecule has 0 bridgehead atoms. The van der Waals surface area contributed by atoms with Gasteiger partial charge in [0, 0.05) is 27.7 Å². The molecule has 1 unspecified atom stereocenters. The van der Waals surface area contributed by atoms with Crippen LogP contribution >= 0.6 is 11.1 Å². The van der Waals surface area contributed by atoms with Gasteiger partial charge in [0.15, 0.2) is 11.1 Å². The summed E-state index contributed by atoms with van der Waals surface area (Å²) in [7, 11) is 0. The molecule has 2 rings (SSSR count). The standard InChI is InChI=1S/C10H12N4O2S/c1-2-16-10-9(13-17(15)14-10)12-7-8-3-5-11-6-4-8/h3-6H,2,7H2,1H3,(H,12,13). The van der Waals surface area contributed by atoms with Crippen LogP contribution in [0.4, 0.5) is 5.82 Å². The maximum absolute atomic E-state index is 11.2. The molecule has 1 atom stereocenters. The SMILES string of the molecule is CCOc1n[s+]([O-])nc1NCc1ccncc1. The van der Waals surface area contributed by atoms with Crippen LogP contribution in [0.1, 0.15) is 12.5 Å². The summed E-state index contributed by atoms with van der Waals surface area (Å²) in [5.74, 6) is 0.738. The van der Waals surface area contributed by atoms with E-state index in [0.29, 0.717) is 24.8 Å². The third-order valence-corrected chi connectivity index (χ3v) is 2.68. The number of nitrogens with one attached hydrogen (secondary N) is 1. The Bertz CT molecular complexity index is 474. The zero-order valence-electron chi connectivity index (χ0n) is 9.29. The third kappa shape index (κ3) is 3.11. The Labute approximate surface area is 102 Å². The summed E-state index contributed by atoms with van der Waals surface area (Å²) in [6.07, 6.45) is 3.42. The second-order valence-electron chi connectivity index (χ2n) is 3.21. The predicted molar refractivity (Wildman–Crippen MR) is 63.4 cm³/mol. The van der Waals surface area contributed by atoms with Gasteiger partial charge < -0.3 is 14.6 Å². The lowest BCUT2D eigenvalue weighted by Crippen LogP contribution is -2.02. The number of ether oxygens (including phenoxy) is 1. The number of hydrogen-bond donors (Lipinski definition) is 1. The van der Waals surface area contributed by atoms with E-state index in [2.05, 4.69) is 19.0 Å². The predicted octanol–water partition coefficient (Wildman–Crippen LogP) is 1.61. The summed E-state index contributed by atoms with van der Waals surface area (Å²) in [4.78, 5) is 3.93. The van der Waals surface area contributed by atoms with Gasteiger partial charge in [-0.2, -0.15) is 0 Å². The van der Waals surface area contributed by atoms with E-state index < -0.39 is 11.1 Å². The average molecular weight is 252 g/mol. The largest absolute Gasteiger partial charge is 0.546 e. The number of hydrogen-bond acceptors (Lipinski definition) is 6. The van der Waals surface area contributed by atoms with Crippen LogP contribution in [0.2, 0.25) is 0 Å². The molecule has 0 aromatic carbocycles. The summed E-state index contributed by atoms with van der Waals surface area (Å²) < 4.78 is 24.0. The van der Waals surface area contributed by atoms with E-state index in [4.69, 9.17) is 4.74 Å². The molecule has 0 amide bonds. The van der Waals surface area contributed by atoms with Gasteiger partial charge in [0.05, 0.1) is 6.61 Å². The highest BCUT2D eigenvalue weighted by Crippen LogP contribution is 2.25. The first-order valence-electron chi connectivity index (χ1n) is 5.15. The molecule has 2 aromatic heterocycles. The highest BCUT2D eigenvalue weighted by Gasteiger charge is 2.16. The summed E-state index contributed by atoms with van der Waals surface area (Å²) in [6, 6.07) is 3.77. The first-order valence-corrected chi connectivity index (χ1v) is 6.21. The van der Waals surface area contributed by atoms with Crippen molar-refractivity contribution in [2.24, 2.45) is 0 Å². The second-order valence-corrected chi connectivity index (χ2v) is 4.04. The minimum absolute atomic E-state index is 0.305. The van der Waals surface area contributed by atoms with E-state index in [1.165, 1.54) is 0 Å². The smallest absolute Gasteiger partial charge is 0.318 e. The fourth-order valence-corrected chi connectivity index (χ4v) is 1.90. The van der Waals surface area contributed by atoms with Gasteiger partial charge in [0.25, 0.3) is 5.82 Å². The van der Waals surface area contributed by atoms with Gasteiger partial charge in [-0.15, -0.1) is 0 Å². The van der Waals surface area contributed by atoms with E-state index in [-0.39, 0.29) is 0 Å². The van der Waals surface area contributed by atoms with Crippen molar-refractivity contribution < 1.29 is 9.29 Å². The van der Waals surface area contributed by atoms with Gasteiger partial charge in [-0.25, -0.2) is 0 Å². The number of pyridine rings is 1. The minimum Gasteiger partial charge on any atom is -0.546 e. The van der Waals surface area contributed by atoms with Crippen LogP contribution in [0.25, 0.3) is 0 Å². The van der Waals surface area contributed by atoms with Crippen LogP contribution in [-0.2, 0) is 6.54 Å². The van der Waals surface area contributed by atoms with Crippen molar-refractivity contribution in [1.29, 1.82) is 0 Å². The van der Waals surface area contributed by atoms with Crippen LogP contribution < -0.4 is 10.1 Å². The maximum atomic E-state index is 11.2. The maximum Gasteiger partial charge on any atom is 0.318 e. The summed E-state index contributed by atoms with van der Waals surface area (Å²) in [5, 5.41) is 3.04. The van der Waals surface area contributed by atoms with Crippen molar-refractivity contribution in [3.63, 3.8) is 0 Å². The molecule has 0 aliphatic carbocycles. The molecule has 1 N–H and O–H groups in total. The van der Waals surface area contributed by atoms with Crippen molar-refractivity contribution in [3.8, 4) is 5.88 Å². The van der Waals surface area contributed by atoms with Gasteiger partial charge in [0.2, 0.25) is 0 Å². The molecule has 2 aromatic rings. The number of anilines is 1. The van der Waals surface area contributed by atoms with Crippen LogP contribution in [0.5, 0.6) is 5.88 Å². The average Bonchev–Trinajstić information content (AvgIpc) is 2.69. The molecule has 0 saturated heterocycles. The molecule has 2 heterocycles. The zero-order chi connectivity index (χ0) is 12.1. The molecule has 0 fully saturated rings. The van der Waals surface area contributed by atoms with Gasteiger partial charge in [0.1, 0.15) is 0 Å². The molecule has 6 nitrogen and oxygen atoms in total. The Morgan fingerprint density at radius 1 is 1.35 bits per heavy atom. The fraction of sp³-hybridized carbons (Fsp3) is 0.300. The molecule has 0 aliphatic rings. The van der Waals surface area contributed by atoms with Crippen molar-refractivity contribution in [2.75, 3.05) is 11.9 Å². The van der Waals surface area contributed by atoms with E-state index in [1.807, 2.05) is 19.1 Å². The first-order chi connectivity index (χ1) is 8.29. The normalized spacial score (nSPS) is 11.3. The highest BCUT2D eigenvalue weighted by atomic mass is 32.2. The summed E-state index contributed by atoms with van der Waals surface area (Å²) in [6.45, 7) is 2.86. The second kappa shape index (κ2) is 5.55. The van der Waals surface area contributed by atoms with Crippen molar-refractivity contribution >= 4 is 17.0 Å². The van der Waals surface area contributed by atoms with Crippen molar-refractivity contribution in [1.82, 2.24) is 13.7 Å². The van der Waals surface area contributed by atoms with Crippen LogP contribution in [-0.4, -0.2) is 24.9 Å². The monoisotopic (exact) mass is 252 g/mol. The molecule has 0 aliphatic heterocycles. The highest BCUT2D eigenvalue weighted by molar-refractivity contribution is 7.14. The van der Waals surface area contributed by atoms with E-state index in [9.17, 15) is 4.55 Å². The zero-order valence-corrected chi connectivity index (χ0v) is 10.1. The van der Waals surface area contributed by atoms with Gasteiger partial charge >= 0.3 is 5.88 Å². The topological polar surface area (TPSA) is 83.0 Å². The van der Waals surface area contributed by atoms with Crippen molar-refractivity contribution in [3.05, 3.63) is 30.1 Å². The molecular weight excluding hydrogens is 240 g/mol. The van der Waals surface area contributed by atoms with Gasteiger partial charge in [-0.1, -0.05) is 0 Å². The molecule has 0 radical (unpaired) electrons. The molecule has 0 saturated carbocycles. The molecule has 0 spiro atoms. The lowest BCUT2D eigenvalue weighted by molar-refractivity contribution is 0.331. The number of aromatic nitrogens is 3. The third-order valence-electron chi connectivity index (χ3n) is 2.02. The molecular formula is C10H12N4O2S. The number of nitrogens with zero attached hydrogens (tertiary/aromatic N) is 3. The quantitative estimate of drug-likeness (QED) is 0.814. The molecule has 7 heteroatoms. The Balaban J connectivity index is 2.03. The summed E-state index contributed by atoms with van der Waals surface area (Å²) in [5.41, 5.74) is 1.05. The number of rotatable bonds is 5. The van der Waals surface area contributed by atoms with E-state index in [0.717, 1.165) is 5.56 Å². The van der Waals surface area contributed by atoms with Crippen LogP contribution in [0, 0.1) is 0 Å². The van der Waals surface area contributed by atoms with Gasteiger partial charge in [-0.05, 0) is 24.6 Å². The fourth-order valence-electron chi connectivity index (χ4n) is 1.28. The van der Waals surface area contributed by atoms with Crippen LogP contribution in [0.15, 0.2) is 24.5 Å². The summed E-state index contributed by atoms with van der Waals surface area (Å²) >= 11 is -1.57. The molecule has 17 heavy (non-hydrogen) atoms. The Hall–Kier alpha value is -1.73. The van der Waals surface area contributed by atoms with E-state index in [1.54, 1.807) is 12.4 Å². The Morgan fingerprint density at radius 2 is 2.12 bits per heavy atom. The first kappa shape index (κ1) is 11.7. The lowest BCUT2D eigenvalue weighted by atomic mass is 10.3. The van der Waals surface area contributed by atoms with Crippen molar-refractivity contribution in [2.45, 2.75) is 13.5 Å². The minimum atomic E-state index is -1.57. The van der Waals surface area contributed by atoms with E-state index >= 15 is 0 Å². The van der Waals surface area contributed by atoms with Crippen LogP contribution in [0.3, 0.4) is 0 Å².